The maximum atomic E-state index is 11.9. The van der Waals surface area contributed by atoms with E-state index in [1.165, 1.54) is 12.8 Å². The molecule has 0 spiro atoms. The van der Waals surface area contributed by atoms with Gasteiger partial charge in [-0.25, -0.2) is 0 Å². The Kier molecular flexibility index (Phi) is 7.26. The van der Waals surface area contributed by atoms with Crippen molar-refractivity contribution in [2.45, 2.75) is 58.9 Å². The molecule has 0 atom stereocenters. The average Bonchev–Trinajstić information content (AvgIpc) is 3.34. The van der Waals surface area contributed by atoms with Crippen molar-refractivity contribution in [1.29, 1.82) is 5.26 Å². The molecule has 1 aromatic rings. The summed E-state index contributed by atoms with van der Waals surface area (Å²) in [6.07, 6.45) is 5.08. The van der Waals surface area contributed by atoms with Crippen molar-refractivity contribution in [2.75, 3.05) is 19.8 Å². The summed E-state index contributed by atoms with van der Waals surface area (Å²) in [6.45, 7) is 6.84. The molecule has 1 fully saturated rings. The molecule has 6 heteroatoms. The number of ether oxygens (including phenoxy) is 1. The molecule has 1 amide bonds. The Balaban J connectivity index is 1.63. The topological polar surface area (TPSA) is 79.9 Å². The third kappa shape index (κ3) is 5.97. The van der Waals surface area contributed by atoms with Crippen molar-refractivity contribution < 1.29 is 9.53 Å². The maximum absolute atomic E-state index is 11.9. The van der Waals surface area contributed by atoms with E-state index in [9.17, 15) is 4.79 Å². The van der Waals surface area contributed by atoms with Crippen LogP contribution in [0.5, 0.6) is 0 Å². The largest absolute Gasteiger partial charge is 0.381 e. The van der Waals surface area contributed by atoms with Crippen molar-refractivity contribution >= 4 is 5.91 Å². The van der Waals surface area contributed by atoms with E-state index < -0.39 is 0 Å². The fourth-order valence-corrected chi connectivity index (χ4v) is 2.73. The zero-order valence-electron chi connectivity index (χ0n) is 14.8. The number of carbonyl (C=O) groups excluding carboxylic acids is 1. The number of aromatic nitrogens is 2. The molecule has 0 aromatic carbocycles. The molecular weight excluding hydrogens is 304 g/mol. The summed E-state index contributed by atoms with van der Waals surface area (Å²) in [6, 6.07) is 2.13. The molecule has 1 N–H and O–H groups in total. The first-order valence-corrected chi connectivity index (χ1v) is 8.86. The van der Waals surface area contributed by atoms with Gasteiger partial charge < -0.3 is 10.1 Å². The lowest BCUT2D eigenvalue weighted by atomic mass is 10.1. The molecule has 0 unspecified atom stereocenters. The van der Waals surface area contributed by atoms with Crippen LogP contribution in [0.1, 0.15) is 49.1 Å². The molecule has 1 aliphatic rings. The van der Waals surface area contributed by atoms with E-state index in [0.717, 1.165) is 42.5 Å². The van der Waals surface area contributed by atoms with Crippen LogP contribution in [-0.4, -0.2) is 35.4 Å². The number of nitrogens with zero attached hydrogens (tertiary/aromatic N) is 3. The van der Waals surface area contributed by atoms with Gasteiger partial charge >= 0.3 is 0 Å². The van der Waals surface area contributed by atoms with Crippen molar-refractivity contribution in [1.82, 2.24) is 15.1 Å². The lowest BCUT2D eigenvalue weighted by Gasteiger charge is -2.07. The van der Waals surface area contributed by atoms with Crippen LogP contribution in [0.3, 0.4) is 0 Å². The Labute approximate surface area is 144 Å². The number of hydrogen-bond donors (Lipinski definition) is 1. The highest BCUT2D eigenvalue weighted by molar-refractivity contribution is 5.76. The second-order valence-electron chi connectivity index (χ2n) is 6.50. The summed E-state index contributed by atoms with van der Waals surface area (Å²) in [5.41, 5.74) is 3.13. The smallest absolute Gasteiger partial charge is 0.220 e. The minimum Gasteiger partial charge on any atom is -0.381 e. The van der Waals surface area contributed by atoms with Crippen LogP contribution in [0.4, 0.5) is 0 Å². The number of carbonyl (C=O) groups is 1. The number of aryl methyl sites for hydroxylation is 2. The van der Waals surface area contributed by atoms with Gasteiger partial charge in [0.15, 0.2) is 0 Å². The predicted molar refractivity (Wildman–Crippen MR) is 91.4 cm³/mol. The normalized spacial score (nSPS) is 13.7. The molecule has 1 heterocycles. The van der Waals surface area contributed by atoms with E-state index in [0.29, 0.717) is 32.4 Å². The summed E-state index contributed by atoms with van der Waals surface area (Å²) in [7, 11) is 0. The van der Waals surface area contributed by atoms with E-state index in [4.69, 9.17) is 10.00 Å². The molecule has 0 bridgehead atoms. The Hall–Kier alpha value is -1.87. The third-order valence-corrected chi connectivity index (χ3v) is 4.41. The quantitative estimate of drug-likeness (QED) is 0.630. The highest BCUT2D eigenvalue weighted by atomic mass is 16.5. The van der Waals surface area contributed by atoms with Gasteiger partial charge in [0.2, 0.25) is 5.91 Å². The van der Waals surface area contributed by atoms with Crippen LogP contribution in [0.15, 0.2) is 0 Å². The summed E-state index contributed by atoms with van der Waals surface area (Å²) < 4.78 is 7.41. The van der Waals surface area contributed by atoms with Crippen molar-refractivity contribution in [3.05, 3.63) is 17.0 Å². The van der Waals surface area contributed by atoms with Gasteiger partial charge in [0.1, 0.15) is 0 Å². The molecule has 0 radical (unpaired) electrons. The zero-order valence-corrected chi connectivity index (χ0v) is 14.8. The third-order valence-electron chi connectivity index (χ3n) is 4.41. The van der Waals surface area contributed by atoms with Gasteiger partial charge in [-0.1, -0.05) is 0 Å². The first-order valence-electron chi connectivity index (χ1n) is 8.86. The van der Waals surface area contributed by atoms with Crippen LogP contribution in [0.2, 0.25) is 0 Å². The van der Waals surface area contributed by atoms with Gasteiger partial charge in [-0.05, 0) is 51.0 Å². The highest BCUT2D eigenvalue weighted by Crippen LogP contribution is 2.28. The first-order chi connectivity index (χ1) is 11.6. The van der Waals surface area contributed by atoms with E-state index in [1.54, 1.807) is 0 Å². The van der Waals surface area contributed by atoms with Crippen molar-refractivity contribution in [2.24, 2.45) is 5.92 Å². The minimum atomic E-state index is 0.0702. The maximum Gasteiger partial charge on any atom is 0.220 e. The Morgan fingerprint density at radius 3 is 2.96 bits per heavy atom. The zero-order chi connectivity index (χ0) is 17.4. The van der Waals surface area contributed by atoms with Gasteiger partial charge in [0.25, 0.3) is 0 Å². The molecule has 132 valence electrons. The second-order valence-corrected chi connectivity index (χ2v) is 6.50. The molecule has 6 nitrogen and oxygen atoms in total. The van der Waals surface area contributed by atoms with E-state index in [1.807, 2.05) is 18.5 Å². The highest BCUT2D eigenvalue weighted by Gasteiger charge is 2.20. The van der Waals surface area contributed by atoms with Crippen LogP contribution in [0, 0.1) is 31.1 Å². The lowest BCUT2D eigenvalue weighted by molar-refractivity contribution is -0.121. The Morgan fingerprint density at radius 1 is 1.46 bits per heavy atom. The van der Waals surface area contributed by atoms with E-state index in [-0.39, 0.29) is 5.91 Å². The van der Waals surface area contributed by atoms with Gasteiger partial charge in [-0.2, -0.15) is 10.4 Å². The number of nitrogens with one attached hydrogen (secondary N) is 1. The SMILES string of the molecule is Cc1nn(CCC#N)c(C)c1CCC(=O)NCCCOCC1CC1. The number of amides is 1. The monoisotopic (exact) mass is 332 g/mol. The van der Waals surface area contributed by atoms with Crippen LogP contribution in [0.25, 0.3) is 0 Å². The number of nitriles is 1. The number of hydrogen-bond acceptors (Lipinski definition) is 4. The number of rotatable bonds is 11. The standard InChI is InChI=1S/C18H28N4O2/c1-14-17(15(2)22(21-14)11-3-9-19)7-8-18(23)20-10-4-12-24-13-16-5-6-16/h16H,3-8,10-13H2,1-2H3,(H,20,23). The molecular formula is C18H28N4O2. The Morgan fingerprint density at radius 2 is 2.25 bits per heavy atom. The van der Waals surface area contributed by atoms with Crippen molar-refractivity contribution in [3.63, 3.8) is 0 Å². The molecule has 24 heavy (non-hydrogen) atoms. The summed E-state index contributed by atoms with van der Waals surface area (Å²) in [5.74, 6) is 0.862. The van der Waals surface area contributed by atoms with Crippen LogP contribution in [-0.2, 0) is 22.5 Å². The lowest BCUT2D eigenvalue weighted by Crippen LogP contribution is -2.25. The molecule has 2 rings (SSSR count). The summed E-state index contributed by atoms with van der Waals surface area (Å²) >= 11 is 0. The van der Waals surface area contributed by atoms with Crippen LogP contribution < -0.4 is 5.32 Å². The van der Waals surface area contributed by atoms with Gasteiger partial charge in [0, 0.05) is 31.9 Å². The molecule has 1 aromatic heterocycles. The summed E-state index contributed by atoms with van der Waals surface area (Å²) in [5, 5.41) is 16.1. The van der Waals surface area contributed by atoms with Crippen molar-refractivity contribution in [3.8, 4) is 6.07 Å². The molecule has 0 aliphatic heterocycles. The van der Waals surface area contributed by atoms with Gasteiger partial charge in [0.05, 0.1) is 24.7 Å². The van der Waals surface area contributed by atoms with E-state index in [2.05, 4.69) is 16.5 Å². The minimum absolute atomic E-state index is 0.0702. The summed E-state index contributed by atoms with van der Waals surface area (Å²) in [4.78, 5) is 11.9. The average molecular weight is 332 g/mol. The fourth-order valence-electron chi connectivity index (χ4n) is 2.73. The second kappa shape index (κ2) is 9.43. The van der Waals surface area contributed by atoms with E-state index >= 15 is 0 Å². The van der Waals surface area contributed by atoms with Gasteiger partial charge in [-0.15, -0.1) is 0 Å². The molecule has 1 aliphatic carbocycles. The van der Waals surface area contributed by atoms with Gasteiger partial charge in [-0.3, -0.25) is 9.48 Å². The molecule has 1 saturated carbocycles. The predicted octanol–water partition coefficient (Wildman–Crippen LogP) is 2.28. The van der Waals surface area contributed by atoms with Crippen LogP contribution >= 0.6 is 0 Å². The Bertz CT molecular complexity index is 585. The molecule has 0 saturated heterocycles. The first kappa shape index (κ1) is 18.5. The fraction of sp³-hybridized carbons (Fsp3) is 0.722.